The predicted molar refractivity (Wildman–Crippen MR) is 103 cm³/mol. The van der Waals surface area contributed by atoms with Gasteiger partial charge in [-0.05, 0) is 20.8 Å². The zero-order valence-corrected chi connectivity index (χ0v) is 17.6. The molecule has 26 heavy (non-hydrogen) atoms. The molecule has 0 aromatic carbocycles. The molecule has 0 N–H and O–H groups in total. The third-order valence-corrected chi connectivity index (χ3v) is 3.16. The summed E-state index contributed by atoms with van der Waals surface area (Å²) >= 11 is 11.0. The molecule has 9 heteroatoms. The molecule has 7 nitrogen and oxygen atoms in total. The first-order chi connectivity index (χ1) is 12.4. The molecule has 0 radical (unpaired) electrons. The van der Waals surface area contributed by atoms with Crippen LogP contribution in [-0.4, -0.2) is 94.3 Å². The van der Waals surface area contributed by atoms with E-state index >= 15 is 0 Å². The van der Waals surface area contributed by atoms with Crippen LogP contribution in [0.1, 0.15) is 20.8 Å². The molecule has 0 aliphatic rings. The van der Waals surface area contributed by atoms with Gasteiger partial charge >= 0.3 is 6.09 Å². The van der Waals surface area contributed by atoms with Gasteiger partial charge in [0, 0.05) is 24.8 Å². The Hall–Kier alpha value is -0.310. The minimum atomic E-state index is -0.554. The van der Waals surface area contributed by atoms with Crippen molar-refractivity contribution in [2.75, 3.05) is 77.7 Å². The normalized spacial score (nSPS) is 11.6. The third-order valence-electron chi connectivity index (χ3n) is 2.85. The van der Waals surface area contributed by atoms with E-state index in [1.54, 1.807) is 4.90 Å². The minimum Gasteiger partial charge on any atom is -0.444 e. The maximum absolute atomic E-state index is 12.3. The van der Waals surface area contributed by atoms with Crippen molar-refractivity contribution >= 4 is 29.3 Å². The number of hydrogen-bond donors (Lipinski definition) is 0. The Morgan fingerprint density at radius 3 is 1.46 bits per heavy atom. The fourth-order valence-electron chi connectivity index (χ4n) is 1.72. The van der Waals surface area contributed by atoms with E-state index in [0.717, 1.165) is 0 Å². The van der Waals surface area contributed by atoms with Gasteiger partial charge in [0.1, 0.15) is 5.60 Å². The van der Waals surface area contributed by atoms with Crippen LogP contribution >= 0.6 is 23.2 Å². The highest BCUT2D eigenvalue weighted by atomic mass is 35.5. The number of ether oxygens (including phenoxy) is 5. The van der Waals surface area contributed by atoms with Crippen molar-refractivity contribution in [3.8, 4) is 0 Å². The summed E-state index contributed by atoms with van der Waals surface area (Å²) in [5, 5.41) is 0. The predicted octanol–water partition coefficient (Wildman–Crippen LogP) is 2.77. The molecule has 0 aliphatic carbocycles. The lowest BCUT2D eigenvalue weighted by atomic mass is 10.2. The molecule has 0 unspecified atom stereocenters. The van der Waals surface area contributed by atoms with Gasteiger partial charge < -0.3 is 28.6 Å². The van der Waals surface area contributed by atoms with Gasteiger partial charge in [-0.3, -0.25) is 0 Å². The number of amides is 1. The molecule has 0 aromatic rings. The second kappa shape index (κ2) is 16.8. The van der Waals surface area contributed by atoms with Gasteiger partial charge in [0.25, 0.3) is 0 Å². The molecular formula is C17H33Cl2NO6. The fraction of sp³-hybridized carbons (Fsp3) is 0.941. The minimum absolute atomic E-state index is 0.388. The van der Waals surface area contributed by atoms with Gasteiger partial charge in [0.15, 0.2) is 0 Å². The van der Waals surface area contributed by atoms with Crippen molar-refractivity contribution in [1.29, 1.82) is 0 Å². The molecule has 0 atom stereocenters. The van der Waals surface area contributed by atoms with Crippen molar-refractivity contribution in [1.82, 2.24) is 4.90 Å². The monoisotopic (exact) mass is 417 g/mol. The number of halogens is 2. The number of carbonyl (C=O) groups is 1. The zero-order valence-electron chi connectivity index (χ0n) is 16.1. The van der Waals surface area contributed by atoms with E-state index in [4.69, 9.17) is 46.9 Å². The summed E-state index contributed by atoms with van der Waals surface area (Å²) in [6.45, 7) is 9.96. The summed E-state index contributed by atoms with van der Waals surface area (Å²) in [6.07, 6.45) is -0.388. The molecule has 1 amide bonds. The van der Waals surface area contributed by atoms with Crippen LogP contribution in [0, 0.1) is 0 Å². The maximum Gasteiger partial charge on any atom is 0.410 e. The van der Waals surface area contributed by atoms with Gasteiger partial charge in [-0.1, -0.05) is 0 Å². The van der Waals surface area contributed by atoms with E-state index in [0.29, 0.717) is 77.7 Å². The van der Waals surface area contributed by atoms with E-state index in [1.807, 2.05) is 20.8 Å². The first-order valence-electron chi connectivity index (χ1n) is 8.81. The topological polar surface area (TPSA) is 66.5 Å². The molecule has 0 aromatic heterocycles. The molecule has 0 aliphatic heterocycles. The Kier molecular flexibility index (Phi) is 16.6. The van der Waals surface area contributed by atoms with Crippen LogP contribution in [-0.2, 0) is 23.7 Å². The summed E-state index contributed by atoms with van der Waals surface area (Å²) in [6, 6.07) is 0. The number of hydrogen-bond acceptors (Lipinski definition) is 6. The molecule has 0 spiro atoms. The van der Waals surface area contributed by atoms with Gasteiger partial charge in [-0.25, -0.2) is 4.79 Å². The SMILES string of the molecule is CC(C)(C)OC(=O)N(CCOCCOCCCl)CCOCCOCCCl. The summed E-state index contributed by atoms with van der Waals surface area (Å²) < 4.78 is 26.8. The molecule has 0 rings (SSSR count). The smallest absolute Gasteiger partial charge is 0.410 e. The lowest BCUT2D eigenvalue weighted by Crippen LogP contribution is -2.40. The molecule has 156 valence electrons. The summed E-state index contributed by atoms with van der Waals surface area (Å²) in [7, 11) is 0. The Morgan fingerprint density at radius 1 is 0.731 bits per heavy atom. The van der Waals surface area contributed by atoms with Crippen molar-refractivity contribution in [3.05, 3.63) is 0 Å². The first kappa shape index (κ1) is 25.7. The van der Waals surface area contributed by atoms with Crippen molar-refractivity contribution < 1.29 is 28.5 Å². The number of rotatable bonds is 16. The van der Waals surface area contributed by atoms with E-state index < -0.39 is 5.60 Å². The largest absolute Gasteiger partial charge is 0.444 e. The van der Waals surface area contributed by atoms with Crippen LogP contribution in [0.5, 0.6) is 0 Å². The zero-order chi connectivity index (χ0) is 19.7. The quantitative estimate of drug-likeness (QED) is 0.284. The lowest BCUT2D eigenvalue weighted by Gasteiger charge is -2.27. The number of nitrogens with zero attached hydrogens (tertiary/aromatic N) is 1. The second-order valence-corrected chi connectivity index (χ2v) is 7.05. The number of alkyl halides is 2. The van der Waals surface area contributed by atoms with Crippen molar-refractivity contribution in [2.24, 2.45) is 0 Å². The molecular weight excluding hydrogens is 385 g/mol. The third kappa shape index (κ3) is 17.1. The van der Waals surface area contributed by atoms with Crippen LogP contribution in [0.2, 0.25) is 0 Å². The van der Waals surface area contributed by atoms with Gasteiger partial charge in [-0.2, -0.15) is 0 Å². The molecule has 0 bridgehead atoms. The van der Waals surface area contributed by atoms with E-state index in [2.05, 4.69) is 0 Å². The highest BCUT2D eigenvalue weighted by Gasteiger charge is 2.21. The van der Waals surface area contributed by atoms with Gasteiger partial charge in [-0.15, -0.1) is 23.2 Å². The second-order valence-electron chi connectivity index (χ2n) is 6.29. The average molecular weight is 418 g/mol. The summed E-state index contributed by atoms with van der Waals surface area (Å²) in [5.41, 5.74) is -0.554. The Bertz CT molecular complexity index is 324. The Labute approximate surface area is 167 Å². The molecule has 0 saturated carbocycles. The summed E-state index contributed by atoms with van der Waals surface area (Å²) in [4.78, 5) is 13.9. The molecule has 0 saturated heterocycles. The highest BCUT2D eigenvalue weighted by molar-refractivity contribution is 6.18. The van der Waals surface area contributed by atoms with Crippen molar-refractivity contribution in [3.63, 3.8) is 0 Å². The van der Waals surface area contributed by atoms with Gasteiger partial charge in [0.05, 0.1) is 52.9 Å². The lowest BCUT2D eigenvalue weighted by molar-refractivity contribution is 0.000564. The Balaban J connectivity index is 4.07. The van der Waals surface area contributed by atoms with Crippen LogP contribution in [0.15, 0.2) is 0 Å². The van der Waals surface area contributed by atoms with Crippen LogP contribution in [0.4, 0.5) is 4.79 Å². The maximum atomic E-state index is 12.3. The van der Waals surface area contributed by atoms with E-state index in [-0.39, 0.29) is 6.09 Å². The Morgan fingerprint density at radius 2 is 1.12 bits per heavy atom. The fourth-order valence-corrected chi connectivity index (χ4v) is 1.94. The highest BCUT2D eigenvalue weighted by Crippen LogP contribution is 2.09. The standard InChI is InChI=1S/C17H33Cl2NO6/c1-17(2,3)26-16(21)20(6-10-24-14-12-22-8-4-18)7-11-25-15-13-23-9-5-19/h4-15H2,1-3H3. The van der Waals surface area contributed by atoms with E-state index in [9.17, 15) is 4.79 Å². The van der Waals surface area contributed by atoms with Crippen molar-refractivity contribution in [2.45, 2.75) is 26.4 Å². The summed E-state index contributed by atoms with van der Waals surface area (Å²) in [5.74, 6) is 0.923. The van der Waals surface area contributed by atoms with Crippen LogP contribution in [0.25, 0.3) is 0 Å². The average Bonchev–Trinajstić information content (AvgIpc) is 2.56. The molecule has 0 heterocycles. The number of carbonyl (C=O) groups excluding carboxylic acids is 1. The van der Waals surface area contributed by atoms with Crippen LogP contribution in [0.3, 0.4) is 0 Å². The van der Waals surface area contributed by atoms with Gasteiger partial charge in [0.2, 0.25) is 0 Å². The van der Waals surface area contributed by atoms with E-state index in [1.165, 1.54) is 0 Å². The van der Waals surface area contributed by atoms with Crippen LogP contribution < -0.4 is 0 Å². The first-order valence-corrected chi connectivity index (χ1v) is 9.88. The molecule has 0 fully saturated rings.